The Morgan fingerprint density at radius 2 is 1.78 bits per heavy atom. The number of nitro groups is 1. The number of hydrogen-bond acceptors (Lipinski definition) is 5. The molecule has 0 spiro atoms. The Labute approximate surface area is 182 Å². The minimum Gasteiger partial charge on any atom is -0.495 e. The van der Waals surface area contributed by atoms with E-state index in [2.05, 4.69) is 4.98 Å². The van der Waals surface area contributed by atoms with E-state index in [1.165, 1.54) is 36.3 Å². The summed E-state index contributed by atoms with van der Waals surface area (Å²) in [5, 5.41) is 12.0. The molecule has 0 atom stereocenters. The number of pyridine rings is 1. The fraction of sp³-hybridized carbons (Fsp3) is 0.0833. The minimum atomic E-state index is -0.557. The molecule has 0 unspecified atom stereocenters. The molecule has 160 valence electrons. The number of aromatic nitrogens is 1. The van der Waals surface area contributed by atoms with Gasteiger partial charge >= 0.3 is 0 Å². The highest BCUT2D eigenvalue weighted by Crippen LogP contribution is 2.30. The molecule has 0 fully saturated rings. The summed E-state index contributed by atoms with van der Waals surface area (Å²) in [5.41, 5.74) is 1.11. The van der Waals surface area contributed by atoms with Crippen molar-refractivity contribution < 1.29 is 14.5 Å². The van der Waals surface area contributed by atoms with Crippen LogP contribution in [-0.4, -0.2) is 22.9 Å². The van der Waals surface area contributed by atoms with Crippen molar-refractivity contribution in [3.8, 4) is 5.75 Å². The first-order valence-corrected chi connectivity index (χ1v) is 9.78. The largest absolute Gasteiger partial charge is 0.495 e. The Hall–Kier alpha value is -4.46. The van der Waals surface area contributed by atoms with Crippen molar-refractivity contribution in [2.45, 2.75) is 6.54 Å². The smallest absolute Gasteiger partial charge is 0.270 e. The van der Waals surface area contributed by atoms with E-state index in [1.54, 1.807) is 36.4 Å². The first-order valence-electron chi connectivity index (χ1n) is 9.78. The monoisotopic (exact) mass is 429 g/mol. The molecule has 1 heterocycles. The molecule has 0 aliphatic carbocycles. The Morgan fingerprint density at radius 3 is 2.56 bits per heavy atom. The van der Waals surface area contributed by atoms with Crippen LogP contribution in [0.4, 0.5) is 11.4 Å². The van der Waals surface area contributed by atoms with Crippen molar-refractivity contribution in [1.29, 1.82) is 0 Å². The van der Waals surface area contributed by atoms with Crippen LogP contribution in [0.5, 0.6) is 5.75 Å². The molecule has 4 rings (SSSR count). The van der Waals surface area contributed by atoms with Gasteiger partial charge in [0.15, 0.2) is 0 Å². The van der Waals surface area contributed by atoms with E-state index in [-0.39, 0.29) is 23.4 Å². The lowest BCUT2D eigenvalue weighted by Crippen LogP contribution is -2.33. The van der Waals surface area contributed by atoms with Crippen molar-refractivity contribution in [3.05, 3.63) is 110 Å². The van der Waals surface area contributed by atoms with E-state index in [0.717, 1.165) is 5.39 Å². The summed E-state index contributed by atoms with van der Waals surface area (Å²) < 4.78 is 5.42. The van der Waals surface area contributed by atoms with E-state index in [0.29, 0.717) is 22.5 Å². The maximum absolute atomic E-state index is 13.5. The van der Waals surface area contributed by atoms with E-state index in [4.69, 9.17) is 4.74 Å². The molecule has 0 radical (unpaired) electrons. The molecule has 1 amide bonds. The molecule has 0 saturated carbocycles. The number of methoxy groups -OCH3 is 1. The third kappa shape index (κ3) is 4.06. The molecule has 4 aromatic rings. The standard InChI is InChI=1S/C24H19N3O5/c1-32-22-12-5-4-11-21(22)26(24(29)17-8-6-9-19(14-17)27(30)31)15-18-13-16-7-2-3-10-20(16)25-23(18)28/h2-14H,15H2,1H3,(H,25,28). The predicted molar refractivity (Wildman–Crippen MR) is 121 cm³/mol. The van der Waals surface area contributed by atoms with Crippen LogP contribution in [0.2, 0.25) is 0 Å². The number of ether oxygens (including phenoxy) is 1. The third-order valence-corrected chi connectivity index (χ3v) is 5.08. The molecule has 1 N–H and O–H groups in total. The second-order valence-electron chi connectivity index (χ2n) is 7.08. The second kappa shape index (κ2) is 8.73. The molecule has 0 bridgehead atoms. The van der Waals surface area contributed by atoms with E-state index < -0.39 is 10.8 Å². The van der Waals surface area contributed by atoms with Gasteiger partial charge in [-0.2, -0.15) is 0 Å². The molecule has 1 aromatic heterocycles. The van der Waals surface area contributed by atoms with Crippen LogP contribution in [0.15, 0.2) is 83.7 Å². The predicted octanol–water partition coefficient (Wildman–Crippen LogP) is 4.29. The van der Waals surface area contributed by atoms with Crippen LogP contribution in [0.25, 0.3) is 10.9 Å². The number of benzene rings is 3. The molecule has 8 nitrogen and oxygen atoms in total. The van der Waals surface area contributed by atoms with Gasteiger partial charge in [-0.3, -0.25) is 19.7 Å². The van der Waals surface area contributed by atoms with Crippen molar-refractivity contribution in [1.82, 2.24) is 4.98 Å². The Kier molecular flexibility index (Phi) is 5.67. The Balaban J connectivity index is 1.83. The molecule has 8 heteroatoms. The quantitative estimate of drug-likeness (QED) is 0.364. The van der Waals surface area contributed by atoms with Gasteiger partial charge in [0.25, 0.3) is 17.2 Å². The lowest BCUT2D eigenvalue weighted by atomic mass is 10.1. The zero-order chi connectivity index (χ0) is 22.7. The molecular weight excluding hydrogens is 410 g/mol. The number of fused-ring (bicyclic) bond motifs is 1. The number of amides is 1. The summed E-state index contributed by atoms with van der Waals surface area (Å²) in [6.45, 7) is -0.0535. The summed E-state index contributed by atoms with van der Waals surface area (Å²) in [7, 11) is 1.48. The first-order chi connectivity index (χ1) is 15.5. The Morgan fingerprint density at radius 1 is 1.03 bits per heavy atom. The zero-order valence-corrected chi connectivity index (χ0v) is 17.1. The number of hydrogen-bond donors (Lipinski definition) is 1. The van der Waals surface area contributed by atoms with E-state index in [9.17, 15) is 19.7 Å². The Bertz CT molecular complexity index is 1380. The van der Waals surface area contributed by atoms with Crippen LogP contribution in [0.3, 0.4) is 0 Å². The number of H-pyrrole nitrogens is 1. The molecule has 0 saturated heterocycles. The number of anilines is 1. The number of nitro benzene ring substituents is 1. The number of rotatable bonds is 6. The highest BCUT2D eigenvalue weighted by molar-refractivity contribution is 6.07. The van der Waals surface area contributed by atoms with E-state index in [1.807, 2.05) is 18.2 Å². The van der Waals surface area contributed by atoms with Crippen LogP contribution in [0.1, 0.15) is 15.9 Å². The normalized spacial score (nSPS) is 10.7. The van der Waals surface area contributed by atoms with Gasteiger partial charge in [-0.15, -0.1) is 0 Å². The van der Waals surface area contributed by atoms with Crippen molar-refractivity contribution in [2.75, 3.05) is 12.0 Å². The average Bonchev–Trinajstić information content (AvgIpc) is 2.82. The first kappa shape index (κ1) is 20.8. The van der Waals surface area contributed by atoms with Gasteiger partial charge in [-0.1, -0.05) is 36.4 Å². The van der Waals surface area contributed by atoms with E-state index >= 15 is 0 Å². The second-order valence-corrected chi connectivity index (χ2v) is 7.08. The maximum Gasteiger partial charge on any atom is 0.270 e. The number of para-hydroxylation sites is 3. The minimum absolute atomic E-state index is 0.0535. The summed E-state index contributed by atoms with van der Waals surface area (Å²) in [6.07, 6.45) is 0. The van der Waals surface area contributed by atoms with Crippen LogP contribution >= 0.6 is 0 Å². The van der Waals surface area contributed by atoms with Gasteiger partial charge in [0, 0.05) is 28.8 Å². The van der Waals surface area contributed by atoms with Crippen molar-refractivity contribution >= 4 is 28.2 Å². The molecular formula is C24H19N3O5. The van der Waals surface area contributed by atoms with Gasteiger partial charge in [0.2, 0.25) is 0 Å². The number of nitrogens with zero attached hydrogens (tertiary/aromatic N) is 2. The summed E-state index contributed by atoms with van der Waals surface area (Å²) in [6, 6.07) is 21.5. The zero-order valence-electron chi connectivity index (χ0n) is 17.1. The topological polar surface area (TPSA) is 106 Å². The number of non-ortho nitro benzene ring substituents is 1. The van der Waals surface area contributed by atoms with Crippen molar-refractivity contribution in [2.24, 2.45) is 0 Å². The molecule has 0 aliphatic heterocycles. The average molecular weight is 429 g/mol. The third-order valence-electron chi connectivity index (χ3n) is 5.08. The number of nitrogens with one attached hydrogen (secondary N) is 1. The summed E-state index contributed by atoms with van der Waals surface area (Å²) >= 11 is 0. The molecule has 3 aromatic carbocycles. The SMILES string of the molecule is COc1ccccc1N(Cc1cc2ccccc2[nH]c1=O)C(=O)c1cccc([N+](=O)[O-])c1. The number of aromatic amines is 1. The summed E-state index contributed by atoms with van der Waals surface area (Å²) in [5.74, 6) is -0.0609. The van der Waals surface area contributed by atoms with Gasteiger partial charge in [0.1, 0.15) is 5.75 Å². The van der Waals surface area contributed by atoms with Crippen LogP contribution < -0.4 is 15.2 Å². The number of carbonyl (C=O) groups is 1. The number of carbonyl (C=O) groups excluding carboxylic acids is 1. The lowest BCUT2D eigenvalue weighted by molar-refractivity contribution is -0.384. The molecule has 0 aliphatic rings. The van der Waals surface area contributed by atoms with Gasteiger partial charge < -0.3 is 14.6 Å². The fourth-order valence-corrected chi connectivity index (χ4v) is 3.51. The maximum atomic E-state index is 13.5. The summed E-state index contributed by atoms with van der Waals surface area (Å²) in [4.78, 5) is 41.1. The lowest BCUT2D eigenvalue weighted by Gasteiger charge is -2.24. The van der Waals surface area contributed by atoms with Gasteiger partial charge in [-0.25, -0.2) is 0 Å². The highest BCUT2D eigenvalue weighted by Gasteiger charge is 2.24. The van der Waals surface area contributed by atoms with Gasteiger partial charge in [0.05, 0.1) is 24.3 Å². The van der Waals surface area contributed by atoms with Crippen LogP contribution in [-0.2, 0) is 6.54 Å². The van der Waals surface area contributed by atoms with Crippen molar-refractivity contribution in [3.63, 3.8) is 0 Å². The van der Waals surface area contributed by atoms with Gasteiger partial charge in [-0.05, 0) is 35.7 Å². The molecule has 32 heavy (non-hydrogen) atoms. The highest BCUT2D eigenvalue weighted by atomic mass is 16.6. The fourth-order valence-electron chi connectivity index (χ4n) is 3.51. The van der Waals surface area contributed by atoms with Crippen LogP contribution in [0, 0.1) is 10.1 Å².